The molecular formula is C27H46FNO3. The molecule has 2 heterocycles. The van der Waals surface area contributed by atoms with Crippen molar-refractivity contribution in [3.63, 3.8) is 0 Å². The van der Waals surface area contributed by atoms with Gasteiger partial charge in [-0.25, -0.2) is 4.39 Å². The van der Waals surface area contributed by atoms with Gasteiger partial charge in [-0.05, 0) is 107 Å². The molecule has 2 saturated heterocycles. The maximum atomic E-state index is 12.3. The lowest BCUT2D eigenvalue weighted by Crippen LogP contribution is -2.43. The minimum atomic E-state index is -0.365. The monoisotopic (exact) mass is 451 g/mol. The lowest BCUT2D eigenvalue weighted by molar-refractivity contribution is -0.127. The summed E-state index contributed by atoms with van der Waals surface area (Å²) in [6.07, 6.45) is 17.5. The molecule has 184 valence electrons. The molecule has 0 bridgehead atoms. The van der Waals surface area contributed by atoms with E-state index in [-0.39, 0.29) is 13.3 Å². The summed E-state index contributed by atoms with van der Waals surface area (Å²) in [7, 11) is 0. The van der Waals surface area contributed by atoms with E-state index in [1.165, 1.54) is 83.7 Å². The zero-order valence-electron chi connectivity index (χ0n) is 20.2. The van der Waals surface area contributed by atoms with Crippen LogP contribution in [0.1, 0.15) is 89.9 Å². The van der Waals surface area contributed by atoms with Gasteiger partial charge in [-0.1, -0.05) is 12.8 Å². The largest absolute Gasteiger partial charge is 0.378 e. The Kier molecular flexibility index (Phi) is 9.84. The number of ketones is 1. The van der Waals surface area contributed by atoms with Crippen LogP contribution in [0.2, 0.25) is 0 Å². The summed E-state index contributed by atoms with van der Waals surface area (Å²) in [6, 6.07) is 0.746. The van der Waals surface area contributed by atoms with Gasteiger partial charge in [0.25, 0.3) is 0 Å². The number of nitrogens with zero attached hydrogens (tertiary/aromatic N) is 1. The zero-order valence-corrected chi connectivity index (χ0v) is 20.2. The van der Waals surface area contributed by atoms with Crippen LogP contribution < -0.4 is 0 Å². The molecule has 4 rings (SSSR count). The SMILES string of the molecule is O=C1CCC(CC2CCN(C3CCC(COCCF)CC3)CC2)C[C@H]2CCCC[C@@H]2OC1. The molecule has 0 aromatic heterocycles. The number of hydrogen-bond acceptors (Lipinski definition) is 4. The lowest BCUT2D eigenvalue weighted by Gasteiger charge is -2.41. The first-order valence-electron chi connectivity index (χ1n) is 13.7. The number of ether oxygens (including phenoxy) is 2. The van der Waals surface area contributed by atoms with Crippen LogP contribution >= 0.6 is 0 Å². The molecule has 0 aromatic carbocycles. The maximum Gasteiger partial charge on any atom is 0.158 e. The fourth-order valence-corrected chi connectivity index (χ4v) is 7.07. The summed E-state index contributed by atoms with van der Waals surface area (Å²) in [5.74, 6) is 3.18. The normalized spacial score (nSPS) is 36.2. The molecule has 3 atom stereocenters. The first kappa shape index (κ1) is 24.6. The number of carbonyl (C=O) groups excluding carboxylic acids is 1. The Bertz CT molecular complexity index is 557. The predicted molar refractivity (Wildman–Crippen MR) is 126 cm³/mol. The highest BCUT2D eigenvalue weighted by atomic mass is 19.1. The molecule has 2 aliphatic heterocycles. The molecule has 0 amide bonds. The van der Waals surface area contributed by atoms with Crippen molar-refractivity contribution < 1.29 is 18.7 Å². The fraction of sp³-hybridized carbons (Fsp3) is 0.963. The van der Waals surface area contributed by atoms with E-state index in [4.69, 9.17) is 9.47 Å². The number of carbonyl (C=O) groups is 1. The van der Waals surface area contributed by atoms with Crippen LogP contribution in [0, 0.1) is 23.7 Å². The third kappa shape index (κ3) is 7.24. The molecule has 0 spiro atoms. The minimum absolute atomic E-state index is 0.261. The van der Waals surface area contributed by atoms with Crippen LogP contribution in [0.15, 0.2) is 0 Å². The number of piperidine rings is 1. The summed E-state index contributed by atoms with van der Waals surface area (Å²) >= 11 is 0. The van der Waals surface area contributed by atoms with E-state index in [1.54, 1.807) is 0 Å². The topological polar surface area (TPSA) is 38.8 Å². The van der Waals surface area contributed by atoms with Crippen LogP contribution in [0.4, 0.5) is 4.39 Å². The Labute approximate surface area is 195 Å². The quantitative estimate of drug-likeness (QED) is 0.474. The highest BCUT2D eigenvalue weighted by Gasteiger charge is 2.33. The van der Waals surface area contributed by atoms with Crippen LogP contribution in [0.25, 0.3) is 0 Å². The zero-order chi connectivity index (χ0) is 22.2. The van der Waals surface area contributed by atoms with Crippen molar-refractivity contribution in [1.29, 1.82) is 0 Å². The molecule has 4 aliphatic rings. The average Bonchev–Trinajstić information content (AvgIpc) is 2.90. The average molecular weight is 452 g/mol. The Balaban J connectivity index is 1.20. The van der Waals surface area contributed by atoms with Crippen LogP contribution in [0.5, 0.6) is 0 Å². The second-order valence-corrected chi connectivity index (χ2v) is 11.2. The second kappa shape index (κ2) is 12.8. The highest BCUT2D eigenvalue weighted by molar-refractivity contribution is 5.79. The second-order valence-electron chi connectivity index (χ2n) is 11.2. The van der Waals surface area contributed by atoms with E-state index in [0.29, 0.717) is 36.2 Å². The molecule has 32 heavy (non-hydrogen) atoms. The smallest absolute Gasteiger partial charge is 0.158 e. The lowest BCUT2D eigenvalue weighted by atomic mass is 9.75. The fourth-order valence-electron chi connectivity index (χ4n) is 7.07. The van der Waals surface area contributed by atoms with Gasteiger partial charge in [0.1, 0.15) is 13.3 Å². The summed E-state index contributed by atoms with van der Waals surface area (Å²) in [5.41, 5.74) is 0. The number of likely N-dealkylation sites (tertiary alicyclic amines) is 1. The predicted octanol–water partition coefficient (Wildman–Crippen LogP) is 5.58. The number of rotatable bonds is 7. The Hall–Kier alpha value is -0.520. The highest BCUT2D eigenvalue weighted by Crippen LogP contribution is 2.38. The van der Waals surface area contributed by atoms with Gasteiger partial charge in [0.05, 0.1) is 12.7 Å². The van der Waals surface area contributed by atoms with Crippen LogP contribution in [-0.4, -0.2) is 62.4 Å². The van der Waals surface area contributed by atoms with Gasteiger partial charge < -0.3 is 14.4 Å². The molecule has 2 aliphatic carbocycles. The van der Waals surface area contributed by atoms with Crippen molar-refractivity contribution in [3.05, 3.63) is 0 Å². The van der Waals surface area contributed by atoms with E-state index in [9.17, 15) is 9.18 Å². The summed E-state index contributed by atoms with van der Waals surface area (Å²) in [5, 5.41) is 0. The molecule has 4 nitrogen and oxygen atoms in total. The molecule has 0 N–H and O–H groups in total. The van der Waals surface area contributed by atoms with E-state index in [0.717, 1.165) is 37.8 Å². The summed E-state index contributed by atoms with van der Waals surface area (Å²) in [4.78, 5) is 15.0. The van der Waals surface area contributed by atoms with Gasteiger partial charge in [-0.15, -0.1) is 0 Å². The first-order chi connectivity index (χ1) is 15.7. The Morgan fingerprint density at radius 2 is 1.69 bits per heavy atom. The van der Waals surface area contributed by atoms with Crippen molar-refractivity contribution in [1.82, 2.24) is 4.90 Å². The van der Waals surface area contributed by atoms with Crippen molar-refractivity contribution in [3.8, 4) is 0 Å². The third-order valence-corrected chi connectivity index (χ3v) is 8.99. The van der Waals surface area contributed by atoms with Crippen molar-refractivity contribution in [2.45, 2.75) is 102 Å². The Morgan fingerprint density at radius 3 is 2.47 bits per heavy atom. The van der Waals surface area contributed by atoms with Crippen molar-refractivity contribution in [2.24, 2.45) is 23.7 Å². The standard InChI is InChI=1S/C27H46FNO3/c28-13-16-31-19-22-5-8-25(9-6-22)29-14-11-21(12-15-29)17-23-7-10-26(30)20-32-27-4-2-1-3-24(27)18-23/h21-25,27H,1-20H2/t22?,23?,24-,25?,27+/m1/s1. The molecule has 1 unspecified atom stereocenters. The van der Waals surface area contributed by atoms with Crippen LogP contribution in [0.3, 0.4) is 0 Å². The van der Waals surface area contributed by atoms with Gasteiger partial charge in [0.2, 0.25) is 0 Å². The molecule has 0 aromatic rings. The number of hydrogen-bond donors (Lipinski definition) is 0. The Morgan fingerprint density at radius 1 is 0.906 bits per heavy atom. The number of halogens is 1. The van der Waals surface area contributed by atoms with E-state index in [1.807, 2.05) is 0 Å². The minimum Gasteiger partial charge on any atom is -0.378 e. The van der Waals surface area contributed by atoms with E-state index < -0.39 is 0 Å². The van der Waals surface area contributed by atoms with Gasteiger partial charge >= 0.3 is 0 Å². The van der Waals surface area contributed by atoms with Crippen LogP contribution in [-0.2, 0) is 14.3 Å². The number of Topliss-reactive ketones (excluding diaryl/α,β-unsaturated/α-hetero) is 1. The number of fused-ring (bicyclic) bond motifs is 1. The molecule has 5 heteroatoms. The molecule has 2 saturated carbocycles. The first-order valence-corrected chi connectivity index (χ1v) is 13.7. The third-order valence-electron chi connectivity index (χ3n) is 8.99. The number of alkyl halides is 1. The molecular weight excluding hydrogens is 405 g/mol. The van der Waals surface area contributed by atoms with Crippen molar-refractivity contribution in [2.75, 3.05) is 39.6 Å². The maximum absolute atomic E-state index is 12.3. The van der Waals surface area contributed by atoms with E-state index in [2.05, 4.69) is 4.90 Å². The van der Waals surface area contributed by atoms with Gasteiger partial charge in [-0.3, -0.25) is 4.79 Å². The molecule has 4 fully saturated rings. The summed E-state index contributed by atoms with van der Waals surface area (Å²) < 4.78 is 23.7. The van der Waals surface area contributed by atoms with Gasteiger partial charge in [-0.2, -0.15) is 0 Å². The molecule has 0 radical (unpaired) electrons. The van der Waals surface area contributed by atoms with Gasteiger partial charge in [0.15, 0.2) is 5.78 Å². The van der Waals surface area contributed by atoms with Crippen molar-refractivity contribution >= 4 is 5.78 Å². The van der Waals surface area contributed by atoms with Gasteiger partial charge in [0, 0.05) is 19.1 Å². The van der Waals surface area contributed by atoms with E-state index >= 15 is 0 Å². The summed E-state index contributed by atoms with van der Waals surface area (Å²) in [6.45, 7) is 3.50.